The Labute approximate surface area is 98.3 Å². The monoisotopic (exact) mass is 244 g/mol. The highest BCUT2D eigenvalue weighted by Crippen LogP contribution is 2.06. The van der Waals surface area contributed by atoms with Gasteiger partial charge in [0, 0.05) is 6.92 Å². The molecule has 0 aromatic carbocycles. The maximum absolute atomic E-state index is 10.9. The van der Waals surface area contributed by atoms with E-state index in [-0.39, 0.29) is 6.42 Å². The highest BCUT2D eigenvalue weighted by Gasteiger charge is 2.22. The van der Waals surface area contributed by atoms with Gasteiger partial charge in [-0.2, -0.15) is 0 Å². The van der Waals surface area contributed by atoms with Gasteiger partial charge >= 0.3 is 11.9 Å². The average Bonchev–Trinajstić information content (AvgIpc) is 2.21. The van der Waals surface area contributed by atoms with E-state index in [1.165, 1.54) is 0 Å². The van der Waals surface area contributed by atoms with Crippen molar-refractivity contribution in [2.75, 3.05) is 6.54 Å². The van der Waals surface area contributed by atoms with Gasteiger partial charge in [0.05, 0.1) is 0 Å². The maximum atomic E-state index is 10.9. The molecule has 0 amide bonds. The van der Waals surface area contributed by atoms with Gasteiger partial charge in [-0.05, 0) is 25.8 Å². The minimum absolute atomic E-state index is 0.163. The number of ketones is 1. The van der Waals surface area contributed by atoms with Crippen LogP contribution in [0.25, 0.3) is 0 Å². The molecule has 0 bridgehead atoms. The molecule has 1 atom stereocenters. The van der Waals surface area contributed by atoms with Crippen LogP contribution in [0.1, 0.15) is 26.2 Å². The van der Waals surface area contributed by atoms with E-state index in [9.17, 15) is 14.4 Å². The molecule has 0 saturated carbocycles. The molecule has 0 saturated heterocycles. The summed E-state index contributed by atoms with van der Waals surface area (Å²) in [5.41, 5.74) is 4.53. The third-order valence-electron chi connectivity index (χ3n) is 2.04. The lowest BCUT2D eigenvalue weighted by Gasteiger charge is -2.07. The molecule has 0 radical (unpaired) electrons. The van der Waals surface area contributed by atoms with Crippen LogP contribution in [0, 0.1) is 0 Å². The van der Waals surface area contributed by atoms with Gasteiger partial charge < -0.3 is 15.9 Å². The second-order valence-corrected chi connectivity index (χ2v) is 3.48. The number of unbranched alkanes of at least 4 members (excludes halogenated alkanes) is 1. The highest BCUT2D eigenvalue weighted by atomic mass is 16.4. The lowest BCUT2D eigenvalue weighted by atomic mass is 10.1. The topological polar surface area (TPSA) is 130 Å². The van der Waals surface area contributed by atoms with E-state index in [1.54, 1.807) is 0 Å². The third kappa shape index (κ3) is 5.76. The number of hydrogen-bond donors (Lipinski definition) is 3. The number of aliphatic carboxylic acids is 2. The molecule has 0 aromatic heterocycles. The van der Waals surface area contributed by atoms with Crippen molar-refractivity contribution < 1.29 is 24.6 Å². The normalized spacial score (nSPS) is 13.2. The van der Waals surface area contributed by atoms with E-state index in [0.717, 1.165) is 6.92 Å². The van der Waals surface area contributed by atoms with E-state index in [1.807, 2.05) is 0 Å². The van der Waals surface area contributed by atoms with Gasteiger partial charge in [-0.1, -0.05) is 0 Å². The van der Waals surface area contributed by atoms with Crippen molar-refractivity contribution in [3.63, 3.8) is 0 Å². The zero-order valence-electron chi connectivity index (χ0n) is 9.55. The zero-order chi connectivity index (χ0) is 13.4. The maximum Gasteiger partial charge on any atom is 0.357 e. The molecule has 0 spiro atoms. The molecule has 0 aromatic rings. The standard InChI is InChI=1S/C10H16N2O5/c1-6(13)8(10(16)17)12-7(9(14)15)4-2-3-5-11/h7H,2-5,11H2,1H3,(H,14,15)(H,16,17)/t7-/m0/s1. The molecule has 0 rings (SSSR count). The Kier molecular flexibility index (Phi) is 6.73. The minimum atomic E-state index is -1.51. The first-order valence-corrected chi connectivity index (χ1v) is 5.15. The van der Waals surface area contributed by atoms with Crippen molar-refractivity contribution in [3.8, 4) is 0 Å². The van der Waals surface area contributed by atoms with Gasteiger partial charge in [-0.25, -0.2) is 9.59 Å². The third-order valence-corrected chi connectivity index (χ3v) is 2.04. The van der Waals surface area contributed by atoms with Gasteiger partial charge in [-0.3, -0.25) is 9.79 Å². The van der Waals surface area contributed by atoms with Crippen molar-refractivity contribution in [3.05, 3.63) is 0 Å². The molecule has 0 aliphatic carbocycles. The fraction of sp³-hybridized carbons (Fsp3) is 0.600. The highest BCUT2D eigenvalue weighted by molar-refractivity contribution is 6.63. The summed E-state index contributed by atoms with van der Waals surface area (Å²) in [4.78, 5) is 35.9. The number of carbonyl (C=O) groups is 3. The van der Waals surface area contributed by atoms with E-state index >= 15 is 0 Å². The minimum Gasteiger partial charge on any atom is -0.480 e. The number of hydrogen-bond acceptors (Lipinski definition) is 5. The Hall–Kier alpha value is -1.76. The van der Waals surface area contributed by atoms with Crippen molar-refractivity contribution in [1.29, 1.82) is 0 Å². The number of nitrogens with two attached hydrogens (primary N) is 1. The number of carbonyl (C=O) groups excluding carboxylic acids is 1. The Balaban J connectivity index is 4.81. The van der Waals surface area contributed by atoms with Crippen LogP contribution in [0.4, 0.5) is 0 Å². The van der Waals surface area contributed by atoms with Crippen LogP contribution in [0.5, 0.6) is 0 Å². The SMILES string of the molecule is CC(=O)C(=N[C@@H](CCCCN)C(=O)O)C(=O)O. The first-order valence-electron chi connectivity index (χ1n) is 5.15. The zero-order valence-corrected chi connectivity index (χ0v) is 9.55. The summed E-state index contributed by atoms with van der Waals surface area (Å²) in [6.45, 7) is 1.46. The predicted molar refractivity (Wildman–Crippen MR) is 60.1 cm³/mol. The smallest absolute Gasteiger partial charge is 0.357 e. The fourth-order valence-electron chi connectivity index (χ4n) is 1.18. The van der Waals surface area contributed by atoms with Crippen LogP contribution < -0.4 is 5.73 Å². The molecular weight excluding hydrogens is 228 g/mol. The summed E-state index contributed by atoms with van der Waals surface area (Å²) >= 11 is 0. The predicted octanol–water partition coefficient (Wildman–Crippen LogP) is -0.317. The number of carboxylic acids is 2. The van der Waals surface area contributed by atoms with Crippen LogP contribution in [-0.4, -0.2) is 46.2 Å². The average molecular weight is 244 g/mol. The van der Waals surface area contributed by atoms with Crippen LogP contribution in [0.2, 0.25) is 0 Å². The fourth-order valence-corrected chi connectivity index (χ4v) is 1.18. The van der Waals surface area contributed by atoms with Gasteiger partial charge in [-0.15, -0.1) is 0 Å². The second-order valence-electron chi connectivity index (χ2n) is 3.48. The van der Waals surface area contributed by atoms with Gasteiger partial charge in [0.15, 0.2) is 11.5 Å². The van der Waals surface area contributed by atoms with E-state index in [4.69, 9.17) is 15.9 Å². The number of aliphatic imine (C=N–C) groups is 1. The molecule has 4 N–H and O–H groups in total. The Morgan fingerprint density at radius 3 is 2.18 bits per heavy atom. The van der Waals surface area contributed by atoms with Gasteiger partial charge in [0.25, 0.3) is 0 Å². The van der Waals surface area contributed by atoms with Crippen molar-refractivity contribution >= 4 is 23.4 Å². The lowest BCUT2D eigenvalue weighted by molar-refractivity contribution is -0.138. The van der Waals surface area contributed by atoms with Crippen LogP contribution in [0.15, 0.2) is 4.99 Å². The summed E-state index contributed by atoms with van der Waals surface area (Å²) in [6.07, 6.45) is 1.31. The van der Waals surface area contributed by atoms with Crippen molar-refractivity contribution in [2.24, 2.45) is 10.7 Å². The Morgan fingerprint density at radius 1 is 1.24 bits per heavy atom. The Bertz CT molecular complexity index is 322. The van der Waals surface area contributed by atoms with Crippen LogP contribution in [0.3, 0.4) is 0 Å². The molecule has 0 unspecified atom stereocenters. The first kappa shape index (κ1) is 15.2. The number of Topliss-reactive ketones (excluding diaryl/α,β-unsaturated/α-hetero) is 1. The summed E-state index contributed by atoms with van der Waals surface area (Å²) in [5.74, 6) is -3.52. The van der Waals surface area contributed by atoms with E-state index in [0.29, 0.717) is 19.4 Å². The van der Waals surface area contributed by atoms with Gasteiger partial charge in [0.2, 0.25) is 0 Å². The molecule has 0 aliphatic rings. The quantitative estimate of drug-likeness (QED) is 0.305. The molecule has 7 nitrogen and oxygen atoms in total. The van der Waals surface area contributed by atoms with Crippen LogP contribution >= 0.6 is 0 Å². The summed E-state index contributed by atoms with van der Waals surface area (Å²) in [7, 11) is 0. The second kappa shape index (κ2) is 7.50. The molecule has 7 heteroatoms. The molecule has 0 fully saturated rings. The first-order chi connectivity index (χ1) is 7.90. The summed E-state index contributed by atoms with van der Waals surface area (Å²) < 4.78 is 0. The van der Waals surface area contributed by atoms with E-state index < -0.39 is 29.5 Å². The summed E-state index contributed by atoms with van der Waals surface area (Å²) in [5, 5.41) is 17.5. The van der Waals surface area contributed by atoms with Crippen molar-refractivity contribution in [1.82, 2.24) is 0 Å². The molecule has 17 heavy (non-hydrogen) atoms. The molecule has 0 heterocycles. The number of carboxylic acid groups (broad SMARTS) is 2. The molecular formula is C10H16N2O5. The molecule has 96 valence electrons. The number of rotatable bonds is 8. The van der Waals surface area contributed by atoms with Gasteiger partial charge in [0.1, 0.15) is 6.04 Å². The number of nitrogens with zero attached hydrogens (tertiary/aromatic N) is 1. The lowest BCUT2D eigenvalue weighted by Crippen LogP contribution is -2.27. The molecule has 0 aliphatic heterocycles. The largest absolute Gasteiger partial charge is 0.480 e. The Morgan fingerprint density at radius 2 is 1.82 bits per heavy atom. The van der Waals surface area contributed by atoms with Crippen molar-refractivity contribution in [2.45, 2.75) is 32.2 Å². The van der Waals surface area contributed by atoms with E-state index in [2.05, 4.69) is 4.99 Å². The van der Waals surface area contributed by atoms with Crippen LogP contribution in [-0.2, 0) is 14.4 Å². The summed E-state index contributed by atoms with van der Waals surface area (Å²) in [6, 6.07) is -1.21.